The van der Waals surface area contributed by atoms with Crippen molar-refractivity contribution in [3.05, 3.63) is 155 Å². The molecule has 1 fully saturated rings. The SMILES string of the molecule is C[C@@]12CCCN1C(=O)[C@H](Cc1ccc(O)cc1)NC(=O)[C@@H](Cc1cnc[nH]1)NC(=O)[C@H](CC(=O)O)NC(=O)[C@H](Cc1c[nH]c3ccc(F)cc13)NC(=O)[C@H](CC1=CNC3C=CC(F)=CC13)NC(=O)CNC(=O)[C@H](CCN)NC(=O)CCSCc1cccc(c1)CSC[C@H](C(N)=O)NC2=O. The maximum absolute atomic E-state index is 15.2. The van der Waals surface area contributed by atoms with Crippen molar-refractivity contribution in [1.82, 2.24) is 67.7 Å². The highest BCUT2D eigenvalue weighted by Gasteiger charge is 2.49. The summed E-state index contributed by atoms with van der Waals surface area (Å²) in [5.41, 5.74) is 13.7. The number of carboxylic acid groups (broad SMARTS) is 1. The van der Waals surface area contributed by atoms with Gasteiger partial charge in [0.2, 0.25) is 59.1 Å². The number of carbonyl (C=O) groups excluding carboxylic acids is 10. The first kappa shape index (κ1) is 73.2. The summed E-state index contributed by atoms with van der Waals surface area (Å²) >= 11 is 2.77. The molecule has 2 aromatic heterocycles. The molecule has 1 saturated heterocycles. The molecule has 99 heavy (non-hydrogen) atoms. The van der Waals surface area contributed by atoms with Gasteiger partial charge in [-0.2, -0.15) is 23.5 Å². The molecule has 0 radical (unpaired) electrons. The molecule has 2 unspecified atom stereocenters. The second-order valence-corrected chi connectivity index (χ2v) is 26.9. The van der Waals surface area contributed by atoms with Gasteiger partial charge in [0, 0.05) is 90.1 Å². The number of aromatic amines is 2. The first-order valence-electron chi connectivity index (χ1n) is 32.1. The molecule has 0 spiro atoms. The summed E-state index contributed by atoms with van der Waals surface area (Å²) in [6.07, 6.45) is 7.59. The lowest BCUT2D eigenvalue weighted by Crippen LogP contribution is -2.63. The van der Waals surface area contributed by atoms with E-state index in [1.54, 1.807) is 12.3 Å². The van der Waals surface area contributed by atoms with Crippen LogP contribution in [0.15, 0.2) is 121 Å². The Labute approximate surface area is 575 Å². The molecule has 3 aromatic carbocycles. The number of hydrogen-bond donors (Lipinski definition) is 15. The van der Waals surface area contributed by atoms with Crippen molar-refractivity contribution < 1.29 is 71.7 Å². The number of hydrogen-bond acceptors (Lipinski definition) is 17. The van der Waals surface area contributed by atoms with E-state index in [0.29, 0.717) is 40.3 Å². The van der Waals surface area contributed by atoms with Crippen LogP contribution in [0.25, 0.3) is 10.9 Å². The number of imidazole rings is 1. The van der Waals surface area contributed by atoms with Crippen molar-refractivity contribution in [3.8, 4) is 5.75 Å². The van der Waals surface area contributed by atoms with Crippen LogP contribution >= 0.6 is 23.5 Å². The van der Waals surface area contributed by atoms with Crippen LogP contribution in [0.1, 0.15) is 73.4 Å². The number of halogens is 2. The highest BCUT2D eigenvalue weighted by molar-refractivity contribution is 7.98. The van der Waals surface area contributed by atoms with Gasteiger partial charge in [0.15, 0.2) is 0 Å². The van der Waals surface area contributed by atoms with E-state index >= 15 is 14.4 Å². The van der Waals surface area contributed by atoms with Crippen LogP contribution in [0.2, 0.25) is 0 Å². The van der Waals surface area contributed by atoms with Gasteiger partial charge in [-0.1, -0.05) is 42.5 Å². The molecule has 4 aliphatic rings. The molecule has 9 rings (SSSR count). The summed E-state index contributed by atoms with van der Waals surface area (Å²) < 4.78 is 29.8. The highest BCUT2D eigenvalue weighted by Crippen LogP contribution is 2.34. The Balaban J connectivity index is 1.05. The number of phenolic OH excluding ortho intramolecular Hbond substituents is 1. The monoisotopic (exact) mass is 1400 g/mol. The van der Waals surface area contributed by atoms with E-state index in [9.17, 15) is 57.4 Å². The van der Waals surface area contributed by atoms with E-state index in [-0.39, 0.29) is 79.8 Å². The molecule has 17 N–H and O–H groups in total. The van der Waals surface area contributed by atoms with Crippen LogP contribution < -0.4 is 59.3 Å². The molecule has 1 aliphatic carbocycles. The quantitative estimate of drug-likeness (QED) is 0.0776. The number of allylic oxidation sites excluding steroid dienone is 2. The van der Waals surface area contributed by atoms with Crippen molar-refractivity contribution >= 4 is 99.5 Å². The third-order valence-corrected chi connectivity index (χ3v) is 19.6. The van der Waals surface area contributed by atoms with E-state index in [4.69, 9.17) is 11.5 Å². The molecule has 10 amide bonds. The fraction of sp³-hybridized carbons (Fsp3) is 0.403. The van der Waals surface area contributed by atoms with Gasteiger partial charge in [-0.15, -0.1) is 0 Å². The van der Waals surface area contributed by atoms with E-state index in [1.165, 1.54) is 103 Å². The summed E-state index contributed by atoms with van der Waals surface area (Å²) in [4.78, 5) is 168. The number of aliphatic carboxylic acids is 1. The number of benzene rings is 3. The number of aromatic nitrogens is 3. The Morgan fingerprint density at radius 1 is 0.747 bits per heavy atom. The summed E-state index contributed by atoms with van der Waals surface area (Å²) in [5, 5.41) is 44.7. The predicted octanol–water partition coefficient (Wildman–Crippen LogP) is 0.819. The molecule has 0 saturated carbocycles. The number of nitrogens with one attached hydrogen (secondary N) is 11. The first-order chi connectivity index (χ1) is 47.4. The lowest BCUT2D eigenvalue weighted by molar-refractivity contribution is -0.147. The molecule has 5 heterocycles. The Bertz CT molecular complexity index is 3930. The number of nitrogens with two attached hydrogens (primary N) is 2. The second kappa shape index (κ2) is 33.9. The van der Waals surface area contributed by atoms with Crippen molar-refractivity contribution in [1.29, 1.82) is 0 Å². The van der Waals surface area contributed by atoms with Crippen LogP contribution in [0, 0.1) is 11.7 Å². The topological polar surface area (TPSA) is 436 Å². The number of aromatic hydroxyl groups is 1. The summed E-state index contributed by atoms with van der Waals surface area (Å²) in [6.45, 7) is 0.744. The maximum Gasteiger partial charge on any atom is 0.305 e. The summed E-state index contributed by atoms with van der Waals surface area (Å²) in [6, 6.07) is 5.61. The molecule has 10 atom stereocenters. The van der Waals surface area contributed by atoms with Crippen molar-refractivity contribution in [3.63, 3.8) is 0 Å². The lowest BCUT2D eigenvalue weighted by atomic mass is 9.87. The largest absolute Gasteiger partial charge is 0.508 e. The van der Waals surface area contributed by atoms with Gasteiger partial charge in [-0.25, -0.2) is 13.8 Å². The number of primary amides is 1. The molecule has 526 valence electrons. The van der Waals surface area contributed by atoms with Crippen LogP contribution in [0.3, 0.4) is 0 Å². The average molecular weight is 1400 g/mol. The third-order valence-electron chi connectivity index (χ3n) is 17.4. The average Bonchev–Trinajstić information content (AvgIpc) is 1.69. The highest BCUT2D eigenvalue weighted by atomic mass is 32.2. The molecule has 2 bridgehead atoms. The molecule has 32 heteroatoms. The van der Waals surface area contributed by atoms with Crippen LogP contribution in [-0.4, -0.2) is 180 Å². The number of amides is 10. The molecule has 3 aliphatic heterocycles. The Hall–Kier alpha value is -10.1. The second-order valence-electron chi connectivity index (χ2n) is 24.7. The minimum absolute atomic E-state index is 0.00774. The fourth-order valence-electron chi connectivity index (χ4n) is 12.1. The summed E-state index contributed by atoms with van der Waals surface area (Å²) in [5.74, 6) is -11.4. The van der Waals surface area contributed by atoms with Gasteiger partial charge in [0.05, 0.1) is 25.3 Å². The number of phenols is 1. The zero-order chi connectivity index (χ0) is 70.9. The van der Waals surface area contributed by atoms with Crippen LogP contribution in [0.4, 0.5) is 8.78 Å². The zero-order valence-electron chi connectivity index (χ0n) is 53.9. The van der Waals surface area contributed by atoms with Gasteiger partial charge < -0.3 is 84.4 Å². The number of thioether (sulfide) groups is 2. The number of fused-ring (bicyclic) bond motifs is 5. The van der Waals surface area contributed by atoms with E-state index in [2.05, 4.69) is 62.8 Å². The minimum Gasteiger partial charge on any atom is -0.508 e. The van der Waals surface area contributed by atoms with Gasteiger partial charge >= 0.3 is 5.97 Å². The number of rotatable bonds is 13. The van der Waals surface area contributed by atoms with E-state index in [1.807, 2.05) is 24.3 Å². The number of carbonyl (C=O) groups is 11. The fourth-order valence-corrected chi connectivity index (χ4v) is 14.0. The van der Waals surface area contributed by atoms with Gasteiger partial charge in [-0.05, 0) is 116 Å². The normalized spacial score (nSPS) is 25.5. The van der Waals surface area contributed by atoms with Gasteiger partial charge in [0.1, 0.15) is 65.2 Å². The first-order valence-corrected chi connectivity index (χ1v) is 34.4. The molecular formula is C67H79F2N15O13S2. The number of nitrogens with zero attached hydrogens (tertiary/aromatic N) is 2. The van der Waals surface area contributed by atoms with Gasteiger partial charge in [-0.3, -0.25) is 52.7 Å². The molecular weight excluding hydrogens is 1320 g/mol. The van der Waals surface area contributed by atoms with E-state index in [0.717, 1.165) is 17.2 Å². The summed E-state index contributed by atoms with van der Waals surface area (Å²) in [7, 11) is 0. The van der Waals surface area contributed by atoms with Crippen LogP contribution in [0.5, 0.6) is 5.75 Å². The predicted molar refractivity (Wildman–Crippen MR) is 362 cm³/mol. The van der Waals surface area contributed by atoms with Crippen molar-refractivity contribution in [2.75, 3.05) is 31.1 Å². The Morgan fingerprint density at radius 3 is 2.12 bits per heavy atom. The lowest BCUT2D eigenvalue weighted by Gasteiger charge is -2.37. The molecule has 28 nitrogen and oxygen atoms in total. The maximum atomic E-state index is 15.2. The van der Waals surface area contributed by atoms with Gasteiger partial charge in [0.25, 0.3) is 0 Å². The standard InChI is InChI=1S/C67H79F2N15O13S2/c1-67-16-3-18-84(67)65(96)54(21-36-6-10-44(85)11-7-36)82-63(94)52(26-43-30-72-35-76-43)80-64(95)53(27-58(88)89)81-62(93)51(23-40-29-74-48-13-9-42(69)25-46(40)48)79-61(92)50(22-39-28-73-47-12-8-41(68)24-45(39)47)78-57(87)31-75-60(91)49(14-17-70)77-56(86)15-19-98-32-37-4-2-5-38(20-37)33-99-34-55(59(71)90)83-66(67)97/h2,4-13,20,24-25,28-30,35,45,47,49-55,73-74,85H,3,14-19,21-23,26-27,31-34,70H2,1H3,(H2,71,90)(H,72,76)(H,75,91)(H,77,86)(H,78,87)(H,79,92)(H,80,95)(H,81,93)(H,82,94)(H,83,97)(H,88,89)/t45?,47?,49-,50-,51-,52+,53-,54-,55+,67-/m0/s1. The zero-order valence-corrected chi connectivity index (χ0v) is 55.5. The number of H-pyrrole nitrogens is 2. The number of carboxylic acids is 1. The molecule has 5 aromatic rings. The Morgan fingerprint density at radius 2 is 1.42 bits per heavy atom. The van der Waals surface area contributed by atoms with Crippen molar-refractivity contribution in [2.45, 2.75) is 130 Å². The minimum atomic E-state index is -2.04. The smallest absolute Gasteiger partial charge is 0.305 e. The van der Waals surface area contributed by atoms with E-state index < -0.39 is 156 Å². The Kier molecular flexibility index (Phi) is 25.1. The van der Waals surface area contributed by atoms with Crippen molar-refractivity contribution in [2.24, 2.45) is 17.4 Å². The third kappa shape index (κ3) is 19.8. The van der Waals surface area contributed by atoms with Crippen LogP contribution in [-0.2, 0) is 83.5 Å².